The molecule has 1 aliphatic rings. The summed E-state index contributed by atoms with van der Waals surface area (Å²) in [7, 11) is -3.06. The van der Waals surface area contributed by atoms with Gasteiger partial charge in [0.1, 0.15) is 5.78 Å². The number of aliphatic hydroxyl groups excluding tert-OH is 1. The Balaban J connectivity index is 2.79. The number of nitrogens with zero attached hydrogens (tertiary/aromatic N) is 1. The fraction of sp³-hybridized carbons (Fsp3) is 0.231. The second kappa shape index (κ2) is 5.21. The molecule has 2 rings (SSSR count). The molecule has 0 fully saturated rings. The van der Waals surface area contributed by atoms with Gasteiger partial charge in [-0.1, -0.05) is 12.1 Å². The summed E-state index contributed by atoms with van der Waals surface area (Å²) in [6.07, 6.45) is 0. The van der Waals surface area contributed by atoms with Gasteiger partial charge in [-0.25, -0.2) is 17.5 Å². The molecule has 1 aromatic rings. The predicted molar refractivity (Wildman–Crippen MR) is 72.6 cm³/mol. The topological polar surface area (TPSA) is 101 Å². The first-order valence-electron chi connectivity index (χ1n) is 5.93. The molecule has 0 saturated heterocycles. The molecule has 1 heterocycles. The van der Waals surface area contributed by atoms with Crippen LogP contribution in [0.5, 0.6) is 0 Å². The third-order valence-electron chi connectivity index (χ3n) is 2.93. The minimum absolute atomic E-state index is 0.00213. The van der Waals surface area contributed by atoms with Crippen LogP contribution in [0.2, 0.25) is 0 Å². The van der Waals surface area contributed by atoms with Crippen LogP contribution in [-0.4, -0.2) is 43.2 Å². The zero-order valence-electron chi connectivity index (χ0n) is 11.4. The highest BCUT2D eigenvalue weighted by Gasteiger charge is 2.40. The SMILES string of the molecule is COC(=O)C1=C(O)c2ccccc2S(=O)(=O)N1CC(C)=O. The zero-order chi connectivity index (χ0) is 15.8. The van der Waals surface area contributed by atoms with Crippen LogP contribution >= 0.6 is 0 Å². The number of esters is 1. The molecule has 0 atom stereocenters. The lowest BCUT2D eigenvalue weighted by Gasteiger charge is -2.30. The van der Waals surface area contributed by atoms with Gasteiger partial charge in [-0.15, -0.1) is 0 Å². The van der Waals surface area contributed by atoms with Gasteiger partial charge in [-0.3, -0.25) is 4.79 Å². The Bertz CT molecular complexity index is 750. The van der Waals surface area contributed by atoms with Gasteiger partial charge in [-0.05, 0) is 19.1 Å². The van der Waals surface area contributed by atoms with Crippen molar-refractivity contribution in [2.75, 3.05) is 13.7 Å². The van der Waals surface area contributed by atoms with Crippen LogP contribution in [-0.2, 0) is 24.3 Å². The van der Waals surface area contributed by atoms with Crippen molar-refractivity contribution in [3.63, 3.8) is 0 Å². The van der Waals surface area contributed by atoms with Crippen LogP contribution in [0.3, 0.4) is 0 Å². The third kappa shape index (κ3) is 2.38. The molecule has 0 aromatic heterocycles. The molecule has 0 bridgehead atoms. The minimum atomic E-state index is -4.12. The average Bonchev–Trinajstić information content (AvgIpc) is 2.44. The standard InChI is InChI=1S/C13H13NO6S/c1-8(15)7-14-11(13(17)20-2)12(16)9-5-3-4-6-10(9)21(14,18)19/h3-6,16H,7H2,1-2H3. The van der Waals surface area contributed by atoms with Crippen molar-refractivity contribution in [3.05, 3.63) is 35.5 Å². The molecule has 0 unspecified atom stereocenters. The summed E-state index contributed by atoms with van der Waals surface area (Å²) in [6, 6.07) is 5.68. The van der Waals surface area contributed by atoms with Crippen molar-refractivity contribution < 1.29 is 27.9 Å². The van der Waals surface area contributed by atoms with E-state index in [1.165, 1.54) is 31.2 Å². The fourth-order valence-corrected chi connectivity index (χ4v) is 3.72. The first-order valence-corrected chi connectivity index (χ1v) is 7.38. The molecule has 1 aliphatic heterocycles. The Hall–Kier alpha value is -2.35. The second-order valence-electron chi connectivity index (χ2n) is 4.40. The zero-order valence-corrected chi connectivity index (χ0v) is 12.2. The van der Waals surface area contributed by atoms with E-state index in [0.29, 0.717) is 4.31 Å². The van der Waals surface area contributed by atoms with Gasteiger partial charge in [-0.2, -0.15) is 0 Å². The second-order valence-corrected chi connectivity index (χ2v) is 6.23. The van der Waals surface area contributed by atoms with Gasteiger partial charge in [0.2, 0.25) is 0 Å². The van der Waals surface area contributed by atoms with Crippen molar-refractivity contribution in [3.8, 4) is 0 Å². The average molecular weight is 311 g/mol. The summed E-state index contributed by atoms with van der Waals surface area (Å²) in [5, 5.41) is 10.2. The van der Waals surface area contributed by atoms with Crippen molar-refractivity contribution >= 4 is 27.5 Å². The van der Waals surface area contributed by atoms with E-state index in [2.05, 4.69) is 4.74 Å². The van der Waals surface area contributed by atoms with E-state index in [9.17, 15) is 23.1 Å². The van der Waals surface area contributed by atoms with Crippen molar-refractivity contribution in [1.29, 1.82) is 0 Å². The Morgan fingerprint density at radius 1 is 1.29 bits per heavy atom. The van der Waals surface area contributed by atoms with Gasteiger partial charge in [0, 0.05) is 5.56 Å². The Morgan fingerprint density at radius 3 is 2.48 bits per heavy atom. The number of methoxy groups -OCH3 is 1. The first kappa shape index (κ1) is 15.0. The summed E-state index contributed by atoms with van der Waals surface area (Å²) in [5.41, 5.74) is -0.566. The summed E-state index contributed by atoms with van der Waals surface area (Å²) < 4.78 is 30.1. The Kier molecular flexibility index (Phi) is 3.73. The van der Waals surface area contributed by atoms with Gasteiger partial charge in [0.25, 0.3) is 10.0 Å². The molecule has 8 heteroatoms. The van der Waals surface area contributed by atoms with Gasteiger partial charge >= 0.3 is 5.97 Å². The van der Waals surface area contributed by atoms with Gasteiger partial charge in [0.15, 0.2) is 11.5 Å². The monoisotopic (exact) mass is 311 g/mol. The quantitative estimate of drug-likeness (QED) is 0.824. The van der Waals surface area contributed by atoms with Crippen LogP contribution in [0.1, 0.15) is 12.5 Å². The van der Waals surface area contributed by atoms with E-state index >= 15 is 0 Å². The largest absolute Gasteiger partial charge is 0.505 e. The summed E-state index contributed by atoms with van der Waals surface area (Å²) in [4.78, 5) is 23.0. The lowest BCUT2D eigenvalue weighted by Crippen LogP contribution is -2.41. The van der Waals surface area contributed by atoms with Crippen LogP contribution in [0.25, 0.3) is 5.76 Å². The number of sulfonamides is 1. The van der Waals surface area contributed by atoms with Crippen LogP contribution in [0, 0.1) is 0 Å². The predicted octanol–water partition coefficient (Wildman–Crippen LogP) is 0.679. The van der Waals surface area contributed by atoms with Crippen LogP contribution in [0.15, 0.2) is 34.9 Å². The molecular formula is C13H13NO6S. The molecule has 0 radical (unpaired) electrons. The first-order chi connectivity index (χ1) is 9.80. The maximum atomic E-state index is 12.5. The number of benzene rings is 1. The highest BCUT2D eigenvalue weighted by molar-refractivity contribution is 7.89. The minimum Gasteiger partial charge on any atom is -0.505 e. The molecule has 1 N–H and O–H groups in total. The number of fused-ring (bicyclic) bond motifs is 1. The molecule has 21 heavy (non-hydrogen) atoms. The summed E-state index contributed by atoms with van der Waals surface area (Å²) >= 11 is 0. The van der Waals surface area contributed by atoms with E-state index in [4.69, 9.17) is 0 Å². The lowest BCUT2D eigenvalue weighted by molar-refractivity contribution is -0.137. The van der Waals surface area contributed by atoms with E-state index in [1.807, 2.05) is 0 Å². The summed E-state index contributed by atoms with van der Waals surface area (Å²) in [6.45, 7) is 0.618. The molecule has 0 saturated carbocycles. The maximum Gasteiger partial charge on any atom is 0.359 e. The van der Waals surface area contributed by atoms with Crippen LogP contribution in [0.4, 0.5) is 0 Å². The normalized spacial score (nSPS) is 16.4. The fourth-order valence-electron chi connectivity index (χ4n) is 2.03. The molecule has 0 spiro atoms. The molecule has 0 aliphatic carbocycles. The van der Waals surface area contributed by atoms with Gasteiger partial charge < -0.3 is 9.84 Å². The highest BCUT2D eigenvalue weighted by atomic mass is 32.2. The number of Topliss-reactive ketones (excluding diaryl/α,β-unsaturated/α-hetero) is 1. The highest BCUT2D eigenvalue weighted by Crippen LogP contribution is 2.35. The maximum absolute atomic E-state index is 12.5. The van der Waals surface area contributed by atoms with E-state index < -0.39 is 39.8 Å². The third-order valence-corrected chi connectivity index (χ3v) is 4.73. The summed E-state index contributed by atoms with van der Waals surface area (Å²) in [5.74, 6) is -2.05. The number of ketones is 1. The molecule has 7 nitrogen and oxygen atoms in total. The van der Waals surface area contributed by atoms with Gasteiger partial charge in [0.05, 0.1) is 18.6 Å². The number of aliphatic hydroxyl groups is 1. The molecule has 0 amide bonds. The molecular weight excluding hydrogens is 298 g/mol. The van der Waals surface area contributed by atoms with Crippen molar-refractivity contribution in [2.24, 2.45) is 0 Å². The number of carbonyl (C=O) groups excluding carboxylic acids is 2. The molecule has 1 aromatic carbocycles. The van der Waals surface area contributed by atoms with E-state index in [-0.39, 0.29) is 10.5 Å². The van der Waals surface area contributed by atoms with Crippen molar-refractivity contribution in [2.45, 2.75) is 11.8 Å². The van der Waals surface area contributed by atoms with Crippen LogP contribution < -0.4 is 0 Å². The lowest BCUT2D eigenvalue weighted by atomic mass is 10.1. The smallest absolute Gasteiger partial charge is 0.359 e. The number of hydrogen-bond acceptors (Lipinski definition) is 6. The van der Waals surface area contributed by atoms with E-state index in [0.717, 1.165) is 7.11 Å². The van der Waals surface area contributed by atoms with Crippen molar-refractivity contribution in [1.82, 2.24) is 4.31 Å². The number of carbonyl (C=O) groups is 2. The molecule has 112 valence electrons. The van der Waals surface area contributed by atoms with E-state index in [1.54, 1.807) is 0 Å². The number of rotatable bonds is 3. The Labute approximate surface area is 121 Å². The Morgan fingerprint density at radius 2 is 1.90 bits per heavy atom. The number of ether oxygens (including phenoxy) is 1. The number of hydrogen-bond donors (Lipinski definition) is 1.